The number of pyridine rings is 1. The molecule has 0 aliphatic rings. The monoisotopic (exact) mass is 258 g/mol. The van der Waals surface area contributed by atoms with Gasteiger partial charge in [0.2, 0.25) is 0 Å². The minimum atomic E-state index is -0.0913. The molecule has 2 N–H and O–H groups in total. The number of aryl methyl sites for hydroxylation is 1. The topological polar surface area (TPSA) is 45.1 Å². The number of hydrogen-bond acceptors (Lipinski definition) is 3. The van der Waals surface area contributed by atoms with Crippen LogP contribution in [0.1, 0.15) is 26.0 Å². The summed E-state index contributed by atoms with van der Waals surface area (Å²) in [6.07, 6.45) is 0.938. The molecule has 0 amide bonds. The zero-order chi connectivity index (χ0) is 13.9. The zero-order valence-electron chi connectivity index (χ0n) is 11.9. The van der Waals surface area contributed by atoms with Crippen molar-refractivity contribution >= 4 is 16.6 Å². The maximum Gasteiger partial charge on any atom is 0.0936 e. The van der Waals surface area contributed by atoms with Crippen LogP contribution in [0.3, 0.4) is 0 Å². The van der Waals surface area contributed by atoms with Crippen LogP contribution in [0.4, 0.5) is 5.69 Å². The van der Waals surface area contributed by atoms with Crippen molar-refractivity contribution in [3.05, 3.63) is 36.0 Å². The summed E-state index contributed by atoms with van der Waals surface area (Å²) in [5.41, 5.74) is 2.96. The lowest BCUT2D eigenvalue weighted by Crippen LogP contribution is -2.29. The van der Waals surface area contributed by atoms with Crippen LogP contribution in [-0.2, 0) is 0 Å². The van der Waals surface area contributed by atoms with E-state index in [1.807, 2.05) is 25.1 Å². The van der Waals surface area contributed by atoms with Crippen molar-refractivity contribution in [3.63, 3.8) is 0 Å². The van der Waals surface area contributed by atoms with E-state index in [1.165, 1.54) is 0 Å². The van der Waals surface area contributed by atoms with Gasteiger partial charge >= 0.3 is 0 Å². The van der Waals surface area contributed by atoms with Crippen molar-refractivity contribution in [1.29, 1.82) is 0 Å². The van der Waals surface area contributed by atoms with E-state index < -0.39 is 0 Å². The van der Waals surface area contributed by atoms with E-state index in [9.17, 15) is 5.11 Å². The highest BCUT2D eigenvalue weighted by atomic mass is 16.3. The summed E-state index contributed by atoms with van der Waals surface area (Å²) in [5, 5.41) is 14.0. The van der Waals surface area contributed by atoms with E-state index in [4.69, 9.17) is 0 Å². The molecule has 0 bridgehead atoms. The number of nitrogens with one attached hydrogen (secondary N) is 1. The van der Waals surface area contributed by atoms with Crippen LogP contribution < -0.4 is 5.32 Å². The first kappa shape index (κ1) is 13.8. The molecule has 19 heavy (non-hydrogen) atoms. The first-order valence-electron chi connectivity index (χ1n) is 6.79. The van der Waals surface area contributed by atoms with Crippen molar-refractivity contribution in [2.24, 2.45) is 5.41 Å². The van der Waals surface area contributed by atoms with Crippen molar-refractivity contribution in [2.45, 2.75) is 27.2 Å². The van der Waals surface area contributed by atoms with Crippen LogP contribution in [0.25, 0.3) is 10.9 Å². The number of aliphatic hydroxyl groups is 1. The van der Waals surface area contributed by atoms with Crippen LogP contribution in [0.2, 0.25) is 0 Å². The molecule has 1 atom stereocenters. The summed E-state index contributed by atoms with van der Waals surface area (Å²) in [4.78, 5) is 4.60. The van der Waals surface area contributed by atoms with E-state index in [2.05, 4.69) is 36.3 Å². The Hall–Kier alpha value is -1.61. The number of nitrogens with zero attached hydrogens (tertiary/aromatic N) is 1. The van der Waals surface area contributed by atoms with Crippen LogP contribution in [0.5, 0.6) is 0 Å². The van der Waals surface area contributed by atoms with Gasteiger partial charge in [0.05, 0.1) is 17.8 Å². The summed E-state index contributed by atoms with van der Waals surface area (Å²) >= 11 is 0. The summed E-state index contributed by atoms with van der Waals surface area (Å²) < 4.78 is 0. The van der Waals surface area contributed by atoms with Gasteiger partial charge in [-0.25, -0.2) is 0 Å². The van der Waals surface area contributed by atoms with Gasteiger partial charge in [-0.15, -0.1) is 0 Å². The number of aliphatic hydroxyl groups excluding tert-OH is 1. The predicted molar refractivity (Wildman–Crippen MR) is 80.5 cm³/mol. The summed E-state index contributed by atoms with van der Waals surface area (Å²) in [7, 11) is 0. The lowest BCUT2D eigenvalue weighted by Gasteiger charge is -2.26. The van der Waals surface area contributed by atoms with Crippen molar-refractivity contribution in [3.8, 4) is 0 Å². The average molecular weight is 258 g/mol. The largest absolute Gasteiger partial charge is 0.396 e. The molecule has 102 valence electrons. The third-order valence-corrected chi connectivity index (χ3v) is 3.80. The Bertz CT molecular complexity index is 562. The van der Waals surface area contributed by atoms with Crippen LogP contribution in [0.15, 0.2) is 30.3 Å². The second kappa shape index (κ2) is 5.57. The van der Waals surface area contributed by atoms with E-state index in [0.717, 1.165) is 35.2 Å². The Morgan fingerprint density at radius 1 is 1.26 bits per heavy atom. The van der Waals surface area contributed by atoms with Gasteiger partial charge in [-0.1, -0.05) is 32.0 Å². The number of fused-ring (bicyclic) bond motifs is 1. The Morgan fingerprint density at radius 2 is 2.05 bits per heavy atom. The minimum absolute atomic E-state index is 0.0913. The maximum absolute atomic E-state index is 9.47. The quantitative estimate of drug-likeness (QED) is 0.864. The predicted octanol–water partition coefficient (Wildman–Crippen LogP) is 3.36. The second-order valence-electron chi connectivity index (χ2n) is 5.51. The van der Waals surface area contributed by atoms with Gasteiger partial charge in [0.1, 0.15) is 0 Å². The van der Waals surface area contributed by atoms with Gasteiger partial charge < -0.3 is 10.4 Å². The molecule has 0 aliphatic carbocycles. The van der Waals surface area contributed by atoms with Crippen molar-refractivity contribution in [1.82, 2.24) is 4.98 Å². The zero-order valence-corrected chi connectivity index (χ0v) is 11.9. The van der Waals surface area contributed by atoms with Gasteiger partial charge in [0.15, 0.2) is 0 Å². The summed E-state index contributed by atoms with van der Waals surface area (Å²) in [6, 6.07) is 10.3. The molecule has 0 aliphatic heterocycles. The van der Waals surface area contributed by atoms with E-state index >= 15 is 0 Å². The van der Waals surface area contributed by atoms with Crippen LogP contribution in [-0.4, -0.2) is 23.2 Å². The highest BCUT2D eigenvalue weighted by molar-refractivity contribution is 5.90. The Morgan fingerprint density at radius 3 is 2.74 bits per heavy atom. The molecule has 1 unspecified atom stereocenters. The summed E-state index contributed by atoms with van der Waals surface area (Å²) in [6.45, 7) is 7.12. The molecule has 1 aromatic heterocycles. The molecule has 1 aromatic carbocycles. The molecule has 0 fully saturated rings. The lowest BCUT2D eigenvalue weighted by molar-refractivity contribution is 0.149. The molecule has 0 spiro atoms. The molecule has 0 radical (unpaired) electrons. The van der Waals surface area contributed by atoms with Gasteiger partial charge in [0, 0.05) is 23.0 Å². The van der Waals surface area contributed by atoms with Gasteiger partial charge in [-0.3, -0.25) is 4.98 Å². The number of hydrogen-bond donors (Lipinski definition) is 2. The van der Waals surface area contributed by atoms with E-state index in [1.54, 1.807) is 0 Å². The third-order valence-electron chi connectivity index (χ3n) is 3.80. The fourth-order valence-corrected chi connectivity index (χ4v) is 1.99. The number of rotatable bonds is 5. The molecule has 0 saturated carbocycles. The summed E-state index contributed by atoms with van der Waals surface area (Å²) in [5.74, 6) is 0. The number of para-hydroxylation sites is 1. The average Bonchev–Trinajstić information content (AvgIpc) is 2.44. The first-order valence-corrected chi connectivity index (χ1v) is 6.79. The molecule has 0 saturated heterocycles. The van der Waals surface area contributed by atoms with Gasteiger partial charge in [-0.2, -0.15) is 0 Å². The van der Waals surface area contributed by atoms with E-state index in [-0.39, 0.29) is 12.0 Å². The van der Waals surface area contributed by atoms with Crippen LogP contribution >= 0.6 is 0 Å². The molecule has 3 nitrogen and oxygen atoms in total. The van der Waals surface area contributed by atoms with E-state index in [0.29, 0.717) is 0 Å². The van der Waals surface area contributed by atoms with Crippen LogP contribution in [0, 0.1) is 12.3 Å². The molecular formula is C16H22N2O. The normalized spacial score (nSPS) is 14.3. The second-order valence-corrected chi connectivity index (χ2v) is 5.51. The third kappa shape index (κ3) is 3.04. The standard InChI is InChI=1S/C16H22N2O/c1-4-16(3,11-19)10-17-14-7-5-6-13-9-8-12(2)18-15(13)14/h5-9,17,19H,4,10-11H2,1-3H3. The van der Waals surface area contributed by atoms with Crippen molar-refractivity contribution < 1.29 is 5.11 Å². The molecule has 1 heterocycles. The Balaban J connectivity index is 2.28. The fourth-order valence-electron chi connectivity index (χ4n) is 1.99. The maximum atomic E-state index is 9.47. The number of anilines is 1. The molecule has 2 aromatic rings. The highest BCUT2D eigenvalue weighted by Gasteiger charge is 2.20. The Labute approximate surface area is 114 Å². The molecule has 2 rings (SSSR count). The smallest absolute Gasteiger partial charge is 0.0936 e. The lowest BCUT2D eigenvalue weighted by atomic mass is 9.88. The Kier molecular flexibility index (Phi) is 4.05. The minimum Gasteiger partial charge on any atom is -0.396 e. The number of aromatic nitrogens is 1. The number of benzene rings is 1. The fraction of sp³-hybridized carbons (Fsp3) is 0.438. The van der Waals surface area contributed by atoms with Gasteiger partial charge in [-0.05, 0) is 25.5 Å². The molecular weight excluding hydrogens is 236 g/mol. The van der Waals surface area contributed by atoms with Gasteiger partial charge in [0.25, 0.3) is 0 Å². The molecule has 3 heteroatoms. The highest BCUT2D eigenvalue weighted by Crippen LogP contribution is 2.25. The first-order chi connectivity index (χ1) is 9.08. The SMILES string of the molecule is CCC(C)(CO)CNc1cccc2ccc(C)nc12. The van der Waals surface area contributed by atoms with Crippen molar-refractivity contribution in [2.75, 3.05) is 18.5 Å².